The number of hydrogen-bond acceptors (Lipinski definition) is 4. The number of thiazole rings is 1. The summed E-state index contributed by atoms with van der Waals surface area (Å²) in [6, 6.07) is 7.75. The molecule has 1 amide bonds. The molecule has 2 rings (SSSR count). The second-order valence-corrected chi connectivity index (χ2v) is 6.49. The molecule has 5 heteroatoms. The third-order valence-electron chi connectivity index (χ3n) is 3.49. The van der Waals surface area contributed by atoms with E-state index in [1.54, 1.807) is 0 Å². The molecule has 0 spiro atoms. The molecule has 126 valence electrons. The van der Waals surface area contributed by atoms with Gasteiger partial charge in [0.2, 0.25) is 5.91 Å². The number of anilines is 1. The zero-order chi connectivity index (χ0) is 17.4. The lowest BCUT2D eigenvalue weighted by Crippen LogP contribution is -2.23. The number of aromatic nitrogens is 1. The van der Waals surface area contributed by atoms with Crippen LogP contribution in [0.2, 0.25) is 0 Å². The van der Waals surface area contributed by atoms with Crippen molar-refractivity contribution in [3.05, 3.63) is 71.2 Å². The minimum atomic E-state index is -0.0424. The maximum absolute atomic E-state index is 12.2. The number of nitrogens with zero attached hydrogens (tertiary/aromatic N) is 2. The topological polar surface area (TPSA) is 45.2 Å². The van der Waals surface area contributed by atoms with Crippen molar-refractivity contribution in [3.8, 4) is 0 Å². The van der Waals surface area contributed by atoms with Crippen LogP contribution in [0, 0.1) is 6.92 Å². The molecule has 1 aromatic heterocycles. The molecule has 1 N–H and O–H groups in total. The van der Waals surface area contributed by atoms with Crippen molar-refractivity contribution in [2.24, 2.45) is 0 Å². The Morgan fingerprint density at radius 1 is 1.29 bits per heavy atom. The van der Waals surface area contributed by atoms with Crippen LogP contribution in [0.5, 0.6) is 0 Å². The first-order chi connectivity index (χ1) is 11.6. The molecule has 0 saturated heterocycles. The average Bonchev–Trinajstić information content (AvgIpc) is 2.97. The highest BCUT2D eigenvalue weighted by molar-refractivity contribution is 7.09. The number of hydrogen-bond donors (Lipinski definition) is 1. The van der Waals surface area contributed by atoms with E-state index in [1.807, 2.05) is 48.7 Å². The van der Waals surface area contributed by atoms with Crippen molar-refractivity contribution in [3.63, 3.8) is 0 Å². The number of nitrogens with one attached hydrogen (secondary N) is 1. The Morgan fingerprint density at radius 3 is 2.67 bits per heavy atom. The van der Waals surface area contributed by atoms with E-state index in [4.69, 9.17) is 0 Å². The fraction of sp³-hybridized carbons (Fsp3) is 0.263. The van der Waals surface area contributed by atoms with E-state index in [9.17, 15) is 4.79 Å². The number of carbonyl (C=O) groups excluding carboxylic acids is 1. The molecule has 24 heavy (non-hydrogen) atoms. The van der Waals surface area contributed by atoms with Gasteiger partial charge in [0.1, 0.15) is 5.01 Å². The Kier molecular flexibility index (Phi) is 6.90. The van der Waals surface area contributed by atoms with Crippen LogP contribution < -0.4 is 5.32 Å². The zero-order valence-corrected chi connectivity index (χ0v) is 14.8. The molecular weight excluding hydrogens is 318 g/mol. The smallest absolute Gasteiger partial charge is 0.231 e. The highest BCUT2D eigenvalue weighted by Gasteiger charge is 2.11. The van der Waals surface area contributed by atoms with Gasteiger partial charge in [-0.1, -0.05) is 30.4 Å². The third kappa shape index (κ3) is 5.44. The van der Waals surface area contributed by atoms with Gasteiger partial charge >= 0.3 is 0 Å². The predicted molar refractivity (Wildman–Crippen MR) is 101 cm³/mol. The summed E-state index contributed by atoms with van der Waals surface area (Å²) < 4.78 is 0. The van der Waals surface area contributed by atoms with Crippen LogP contribution in [0.25, 0.3) is 0 Å². The van der Waals surface area contributed by atoms with E-state index in [0.717, 1.165) is 41.6 Å². The fourth-order valence-corrected chi connectivity index (χ4v) is 3.13. The van der Waals surface area contributed by atoms with Crippen LogP contribution in [-0.2, 0) is 17.8 Å². The molecule has 0 saturated carbocycles. The number of aryl methyl sites for hydroxylation is 1. The third-order valence-corrected chi connectivity index (χ3v) is 4.39. The van der Waals surface area contributed by atoms with Crippen LogP contribution in [0.3, 0.4) is 0 Å². The van der Waals surface area contributed by atoms with Crippen molar-refractivity contribution in [2.45, 2.75) is 19.9 Å². The van der Waals surface area contributed by atoms with Gasteiger partial charge in [0.25, 0.3) is 0 Å². The molecule has 0 aliphatic heterocycles. The summed E-state index contributed by atoms with van der Waals surface area (Å²) in [6.45, 7) is 11.8. The van der Waals surface area contributed by atoms with Crippen LogP contribution in [-0.4, -0.2) is 28.9 Å². The Morgan fingerprint density at radius 2 is 2.00 bits per heavy atom. The summed E-state index contributed by atoms with van der Waals surface area (Å²) in [7, 11) is 0. The van der Waals surface area contributed by atoms with E-state index < -0.39 is 0 Å². The second-order valence-electron chi connectivity index (χ2n) is 5.54. The second kappa shape index (κ2) is 9.15. The number of carbonyl (C=O) groups is 1. The highest BCUT2D eigenvalue weighted by atomic mass is 32.1. The van der Waals surface area contributed by atoms with Crippen molar-refractivity contribution < 1.29 is 4.79 Å². The summed E-state index contributed by atoms with van der Waals surface area (Å²) in [5.41, 5.74) is 2.87. The molecule has 0 aliphatic rings. The SMILES string of the molecule is C=CCN(CC=C)Cc1csc(CC(=O)Nc2ccccc2C)n1. The van der Waals surface area contributed by atoms with Gasteiger partial charge in [-0.25, -0.2) is 4.98 Å². The molecule has 0 atom stereocenters. The normalized spacial score (nSPS) is 10.6. The molecule has 2 aromatic rings. The van der Waals surface area contributed by atoms with Gasteiger partial charge in [-0.3, -0.25) is 9.69 Å². The van der Waals surface area contributed by atoms with Gasteiger partial charge in [0.05, 0.1) is 12.1 Å². The molecule has 4 nitrogen and oxygen atoms in total. The largest absolute Gasteiger partial charge is 0.325 e. The van der Waals surface area contributed by atoms with Gasteiger partial charge in [-0.05, 0) is 18.6 Å². The zero-order valence-electron chi connectivity index (χ0n) is 14.0. The highest BCUT2D eigenvalue weighted by Crippen LogP contribution is 2.16. The first-order valence-corrected chi connectivity index (χ1v) is 8.73. The summed E-state index contributed by atoms with van der Waals surface area (Å²) in [4.78, 5) is 18.9. The number of rotatable bonds is 9. The van der Waals surface area contributed by atoms with E-state index in [1.165, 1.54) is 11.3 Å². The van der Waals surface area contributed by atoms with E-state index in [-0.39, 0.29) is 5.91 Å². The van der Waals surface area contributed by atoms with Gasteiger partial charge in [0, 0.05) is 30.7 Å². The number of amides is 1. The first kappa shape index (κ1) is 18.1. The molecular formula is C19H23N3OS. The van der Waals surface area contributed by atoms with Crippen molar-refractivity contribution in [2.75, 3.05) is 18.4 Å². The first-order valence-electron chi connectivity index (χ1n) is 7.85. The van der Waals surface area contributed by atoms with Crippen molar-refractivity contribution >= 4 is 22.9 Å². The van der Waals surface area contributed by atoms with Gasteiger partial charge in [-0.2, -0.15) is 0 Å². The lowest BCUT2D eigenvalue weighted by molar-refractivity contribution is -0.115. The molecule has 0 aliphatic carbocycles. The molecule has 0 unspecified atom stereocenters. The van der Waals surface area contributed by atoms with Gasteiger partial charge in [-0.15, -0.1) is 24.5 Å². The Labute approximate surface area is 147 Å². The van der Waals surface area contributed by atoms with Crippen LogP contribution in [0.15, 0.2) is 55.0 Å². The Bertz CT molecular complexity index is 698. The molecule has 0 fully saturated rings. The van der Waals surface area contributed by atoms with Crippen LogP contribution in [0.1, 0.15) is 16.3 Å². The molecule has 0 radical (unpaired) electrons. The van der Waals surface area contributed by atoms with E-state index >= 15 is 0 Å². The van der Waals surface area contributed by atoms with Gasteiger partial charge in [0.15, 0.2) is 0 Å². The summed E-state index contributed by atoms with van der Waals surface area (Å²) in [5.74, 6) is -0.0424. The molecule has 1 heterocycles. The lowest BCUT2D eigenvalue weighted by atomic mass is 10.2. The minimum Gasteiger partial charge on any atom is -0.325 e. The van der Waals surface area contributed by atoms with Crippen molar-refractivity contribution in [1.29, 1.82) is 0 Å². The summed E-state index contributed by atoms with van der Waals surface area (Å²) in [5, 5.41) is 5.78. The van der Waals surface area contributed by atoms with E-state index in [0.29, 0.717) is 6.42 Å². The van der Waals surface area contributed by atoms with E-state index in [2.05, 4.69) is 28.4 Å². The molecule has 0 bridgehead atoms. The predicted octanol–water partition coefficient (Wildman–Crippen LogP) is 3.81. The lowest BCUT2D eigenvalue weighted by Gasteiger charge is -2.16. The number of para-hydroxylation sites is 1. The Balaban J connectivity index is 1.93. The monoisotopic (exact) mass is 341 g/mol. The van der Waals surface area contributed by atoms with Crippen LogP contribution >= 0.6 is 11.3 Å². The fourth-order valence-electron chi connectivity index (χ4n) is 2.35. The minimum absolute atomic E-state index is 0.0424. The quantitative estimate of drug-likeness (QED) is 0.706. The number of benzene rings is 1. The maximum Gasteiger partial charge on any atom is 0.231 e. The maximum atomic E-state index is 12.2. The van der Waals surface area contributed by atoms with Gasteiger partial charge < -0.3 is 5.32 Å². The van der Waals surface area contributed by atoms with Crippen LogP contribution in [0.4, 0.5) is 5.69 Å². The Hall–Kier alpha value is -2.24. The average molecular weight is 341 g/mol. The van der Waals surface area contributed by atoms with Crippen molar-refractivity contribution in [1.82, 2.24) is 9.88 Å². The standard InChI is InChI=1S/C19H23N3OS/c1-4-10-22(11-5-2)13-16-14-24-19(20-16)12-18(23)21-17-9-7-6-8-15(17)3/h4-9,14H,1-2,10-13H2,3H3,(H,21,23). The summed E-state index contributed by atoms with van der Waals surface area (Å²) >= 11 is 1.52. The summed E-state index contributed by atoms with van der Waals surface area (Å²) in [6.07, 6.45) is 4.03. The molecule has 1 aromatic carbocycles.